The lowest BCUT2D eigenvalue weighted by Crippen LogP contribution is -2.52. The lowest BCUT2D eigenvalue weighted by molar-refractivity contribution is -0.142. The maximum atomic E-state index is 13.7. The van der Waals surface area contributed by atoms with Gasteiger partial charge in [0.15, 0.2) is 6.61 Å². The summed E-state index contributed by atoms with van der Waals surface area (Å²) in [6.07, 6.45) is 0.404. The van der Waals surface area contributed by atoms with E-state index < -0.39 is 6.04 Å². The van der Waals surface area contributed by atoms with E-state index in [4.69, 9.17) is 16.3 Å². The minimum atomic E-state index is -0.688. The van der Waals surface area contributed by atoms with Gasteiger partial charge in [0.25, 0.3) is 5.91 Å². The summed E-state index contributed by atoms with van der Waals surface area (Å²) in [6, 6.07) is 20.7. The molecule has 0 heterocycles. The van der Waals surface area contributed by atoms with Crippen LogP contribution in [0.5, 0.6) is 5.75 Å². The molecular weight excluding hydrogens is 484 g/mol. The molecule has 3 rings (SSSR count). The molecule has 196 valence electrons. The van der Waals surface area contributed by atoms with Crippen LogP contribution in [0.4, 0.5) is 0 Å². The van der Waals surface area contributed by atoms with Gasteiger partial charge in [-0.3, -0.25) is 9.59 Å². The Morgan fingerprint density at radius 1 is 0.919 bits per heavy atom. The van der Waals surface area contributed by atoms with E-state index in [0.29, 0.717) is 36.2 Å². The van der Waals surface area contributed by atoms with Crippen molar-refractivity contribution >= 4 is 23.4 Å². The number of carbonyl (C=O) groups is 2. The fourth-order valence-corrected chi connectivity index (χ4v) is 4.31. The SMILES string of the molecule is Cc1cccc(CN(C(=O)COc2cc(C)c(Cl)c(C)c2)[C@H](Cc2ccccc2)C(=O)NCC(C)C)c1. The largest absolute Gasteiger partial charge is 0.484 e. The number of benzene rings is 3. The van der Waals surface area contributed by atoms with Gasteiger partial charge in [0, 0.05) is 24.5 Å². The van der Waals surface area contributed by atoms with Crippen LogP contribution in [-0.2, 0) is 22.6 Å². The summed E-state index contributed by atoms with van der Waals surface area (Å²) in [5.74, 6) is 0.443. The summed E-state index contributed by atoms with van der Waals surface area (Å²) in [7, 11) is 0. The van der Waals surface area contributed by atoms with Gasteiger partial charge in [0.05, 0.1) is 0 Å². The van der Waals surface area contributed by atoms with Crippen molar-refractivity contribution in [2.45, 2.75) is 53.6 Å². The van der Waals surface area contributed by atoms with Gasteiger partial charge in [-0.05, 0) is 61.1 Å². The first kappa shape index (κ1) is 28.3. The van der Waals surface area contributed by atoms with Gasteiger partial charge in [-0.15, -0.1) is 0 Å². The van der Waals surface area contributed by atoms with E-state index in [1.54, 1.807) is 4.90 Å². The number of halogens is 1. The standard InChI is InChI=1S/C31H37ClN2O3/c1-21(2)18-33-31(36)28(17-25-11-7-6-8-12-25)34(19-26-13-9-10-22(3)14-26)29(35)20-37-27-15-23(4)30(32)24(5)16-27/h6-16,21,28H,17-20H2,1-5H3,(H,33,36)/t28-/m1/s1. The smallest absolute Gasteiger partial charge is 0.261 e. The van der Waals surface area contributed by atoms with Crippen molar-refractivity contribution in [3.8, 4) is 5.75 Å². The zero-order valence-corrected chi connectivity index (χ0v) is 23.1. The minimum Gasteiger partial charge on any atom is -0.484 e. The van der Waals surface area contributed by atoms with Gasteiger partial charge in [-0.25, -0.2) is 0 Å². The first-order valence-corrected chi connectivity index (χ1v) is 13.1. The quantitative estimate of drug-likeness (QED) is 0.334. The van der Waals surface area contributed by atoms with Crippen LogP contribution in [0.2, 0.25) is 5.02 Å². The number of aryl methyl sites for hydroxylation is 3. The molecular formula is C31H37ClN2O3. The van der Waals surface area contributed by atoms with Crippen molar-refractivity contribution in [1.29, 1.82) is 0 Å². The molecule has 0 bridgehead atoms. The van der Waals surface area contributed by atoms with E-state index in [2.05, 4.69) is 5.32 Å². The highest BCUT2D eigenvalue weighted by Crippen LogP contribution is 2.26. The van der Waals surface area contributed by atoms with Gasteiger partial charge in [-0.1, -0.05) is 85.6 Å². The van der Waals surface area contributed by atoms with Crippen molar-refractivity contribution in [3.05, 3.63) is 99.6 Å². The van der Waals surface area contributed by atoms with Crippen LogP contribution >= 0.6 is 11.6 Å². The zero-order valence-electron chi connectivity index (χ0n) is 22.4. The van der Waals surface area contributed by atoms with Gasteiger partial charge in [-0.2, -0.15) is 0 Å². The first-order valence-electron chi connectivity index (χ1n) is 12.7. The van der Waals surface area contributed by atoms with Crippen molar-refractivity contribution in [3.63, 3.8) is 0 Å². The molecule has 0 aliphatic heterocycles. The van der Waals surface area contributed by atoms with E-state index >= 15 is 0 Å². The third kappa shape index (κ3) is 8.36. The highest BCUT2D eigenvalue weighted by Gasteiger charge is 2.30. The summed E-state index contributed by atoms with van der Waals surface area (Å²) in [5, 5.41) is 3.73. The summed E-state index contributed by atoms with van der Waals surface area (Å²) in [5.41, 5.74) is 4.81. The van der Waals surface area contributed by atoms with Crippen molar-refractivity contribution in [1.82, 2.24) is 10.2 Å². The molecule has 0 spiro atoms. The van der Waals surface area contributed by atoms with Crippen LogP contribution in [0, 0.1) is 26.7 Å². The Kier molecular flexibility index (Phi) is 10.2. The summed E-state index contributed by atoms with van der Waals surface area (Å²) >= 11 is 6.30. The van der Waals surface area contributed by atoms with Crippen LogP contribution in [0.3, 0.4) is 0 Å². The Morgan fingerprint density at radius 2 is 1.57 bits per heavy atom. The molecule has 0 saturated heterocycles. The van der Waals surface area contributed by atoms with Crippen LogP contribution in [0.25, 0.3) is 0 Å². The normalized spacial score (nSPS) is 11.8. The molecule has 5 nitrogen and oxygen atoms in total. The minimum absolute atomic E-state index is 0.170. The zero-order chi connectivity index (χ0) is 26.9. The molecule has 0 aromatic heterocycles. The molecule has 1 atom stereocenters. The van der Waals surface area contributed by atoms with Crippen LogP contribution in [0.15, 0.2) is 66.7 Å². The fourth-order valence-electron chi connectivity index (χ4n) is 4.20. The number of rotatable bonds is 11. The Bertz CT molecular complexity index is 1190. The van der Waals surface area contributed by atoms with Crippen LogP contribution in [0.1, 0.15) is 41.7 Å². The molecule has 0 unspecified atom stereocenters. The maximum absolute atomic E-state index is 13.7. The second-order valence-electron chi connectivity index (χ2n) is 10.0. The topological polar surface area (TPSA) is 58.6 Å². The van der Waals surface area contributed by atoms with Gasteiger partial charge in [0.1, 0.15) is 11.8 Å². The third-order valence-electron chi connectivity index (χ3n) is 6.16. The summed E-state index contributed by atoms with van der Waals surface area (Å²) in [4.78, 5) is 28.9. The highest BCUT2D eigenvalue weighted by molar-refractivity contribution is 6.32. The molecule has 0 aliphatic rings. The number of carbonyl (C=O) groups excluding carboxylic acids is 2. The number of nitrogens with zero attached hydrogens (tertiary/aromatic N) is 1. The van der Waals surface area contributed by atoms with Crippen molar-refractivity contribution < 1.29 is 14.3 Å². The predicted octanol–water partition coefficient (Wildman–Crippen LogP) is 6.06. The summed E-state index contributed by atoms with van der Waals surface area (Å²) in [6.45, 7) is 10.6. The second kappa shape index (κ2) is 13.3. The van der Waals surface area contributed by atoms with Gasteiger partial charge >= 0.3 is 0 Å². The van der Waals surface area contributed by atoms with E-state index in [0.717, 1.165) is 27.8 Å². The molecule has 0 saturated carbocycles. The predicted molar refractivity (Wildman–Crippen MR) is 150 cm³/mol. The van der Waals surface area contributed by atoms with Crippen LogP contribution in [-0.4, -0.2) is 35.9 Å². The first-order chi connectivity index (χ1) is 17.6. The lowest BCUT2D eigenvalue weighted by atomic mass is 10.0. The molecule has 37 heavy (non-hydrogen) atoms. The maximum Gasteiger partial charge on any atom is 0.261 e. The molecule has 0 radical (unpaired) electrons. The average Bonchev–Trinajstić information content (AvgIpc) is 2.87. The second-order valence-corrected chi connectivity index (χ2v) is 10.4. The fraction of sp³-hybridized carbons (Fsp3) is 0.355. The Balaban J connectivity index is 1.91. The van der Waals surface area contributed by atoms with E-state index in [9.17, 15) is 9.59 Å². The number of amides is 2. The number of hydrogen-bond donors (Lipinski definition) is 1. The van der Waals surface area contributed by atoms with Crippen molar-refractivity contribution in [2.24, 2.45) is 5.92 Å². The molecule has 3 aromatic carbocycles. The van der Waals surface area contributed by atoms with E-state index in [1.165, 1.54) is 0 Å². The third-order valence-corrected chi connectivity index (χ3v) is 6.76. The average molecular weight is 521 g/mol. The molecule has 3 aromatic rings. The Hall–Kier alpha value is -3.31. The van der Waals surface area contributed by atoms with Crippen molar-refractivity contribution in [2.75, 3.05) is 13.2 Å². The Morgan fingerprint density at radius 3 is 2.19 bits per heavy atom. The number of hydrogen-bond acceptors (Lipinski definition) is 3. The number of nitrogens with one attached hydrogen (secondary N) is 1. The molecule has 6 heteroatoms. The lowest BCUT2D eigenvalue weighted by Gasteiger charge is -2.32. The highest BCUT2D eigenvalue weighted by atomic mass is 35.5. The van der Waals surface area contributed by atoms with Gasteiger partial charge < -0.3 is 15.0 Å². The molecule has 1 N–H and O–H groups in total. The van der Waals surface area contributed by atoms with Crippen LogP contribution < -0.4 is 10.1 Å². The summed E-state index contributed by atoms with van der Waals surface area (Å²) < 4.78 is 5.92. The monoisotopic (exact) mass is 520 g/mol. The van der Waals surface area contributed by atoms with E-state index in [-0.39, 0.29) is 18.4 Å². The van der Waals surface area contributed by atoms with E-state index in [1.807, 2.05) is 101 Å². The molecule has 2 amide bonds. The Labute approximate surface area is 225 Å². The molecule has 0 aliphatic carbocycles. The van der Waals surface area contributed by atoms with Gasteiger partial charge in [0.2, 0.25) is 5.91 Å². The molecule has 0 fully saturated rings. The number of ether oxygens (including phenoxy) is 1.